The highest BCUT2D eigenvalue weighted by molar-refractivity contribution is 7.15. The van der Waals surface area contributed by atoms with Crippen molar-refractivity contribution in [3.63, 3.8) is 0 Å². The second-order valence-corrected chi connectivity index (χ2v) is 9.88. The molecule has 2 unspecified atom stereocenters. The van der Waals surface area contributed by atoms with E-state index in [9.17, 15) is 13.6 Å². The van der Waals surface area contributed by atoms with Crippen molar-refractivity contribution in [2.45, 2.75) is 49.9 Å². The third-order valence-corrected chi connectivity index (χ3v) is 7.47. The summed E-state index contributed by atoms with van der Waals surface area (Å²) in [5.74, 6) is 0.123. The van der Waals surface area contributed by atoms with Crippen molar-refractivity contribution < 1.29 is 13.6 Å². The molecule has 0 aromatic carbocycles. The maximum atomic E-state index is 14.3. The lowest BCUT2D eigenvalue weighted by molar-refractivity contribution is -0.123. The molecule has 4 heterocycles. The summed E-state index contributed by atoms with van der Waals surface area (Å²) in [7, 11) is 0. The molecule has 5 rings (SSSR count). The number of anilines is 1. The summed E-state index contributed by atoms with van der Waals surface area (Å²) in [4.78, 5) is 21.7. The summed E-state index contributed by atoms with van der Waals surface area (Å²) < 4.78 is 27.6. The minimum absolute atomic E-state index is 0.202. The number of hydrogen-bond acceptors (Lipinski definition) is 8. The van der Waals surface area contributed by atoms with Crippen LogP contribution in [0.1, 0.15) is 36.3 Å². The van der Waals surface area contributed by atoms with Crippen LogP contribution >= 0.6 is 11.3 Å². The van der Waals surface area contributed by atoms with E-state index < -0.39 is 12.2 Å². The standard InChI is InChI=1S/C23H25F2N7OS/c24-14-9-18(27-10-14)21(33)28-11-15-12-29-22(34-15)17-4-5-19(32-31-17)30-13-23(6-2-7-23)20-16(25)3-1-8-26-20/h1,3-5,8,12,14,18,27H,2,6-7,9-11,13H2,(H,28,33)(H,30,32). The van der Waals surface area contributed by atoms with Crippen LogP contribution in [0.5, 0.6) is 0 Å². The fourth-order valence-corrected chi connectivity index (χ4v) is 5.19. The maximum Gasteiger partial charge on any atom is 0.237 e. The van der Waals surface area contributed by atoms with Crippen LogP contribution < -0.4 is 16.0 Å². The molecule has 3 aromatic rings. The second kappa shape index (κ2) is 9.67. The van der Waals surface area contributed by atoms with Gasteiger partial charge in [-0.2, -0.15) is 0 Å². The zero-order valence-corrected chi connectivity index (χ0v) is 19.2. The second-order valence-electron chi connectivity index (χ2n) is 8.77. The zero-order chi connectivity index (χ0) is 23.5. The lowest BCUT2D eigenvalue weighted by Gasteiger charge is -2.41. The van der Waals surface area contributed by atoms with E-state index in [2.05, 4.69) is 36.1 Å². The van der Waals surface area contributed by atoms with Gasteiger partial charge in [-0.25, -0.2) is 13.8 Å². The Balaban J connectivity index is 1.17. The van der Waals surface area contributed by atoms with E-state index in [-0.39, 0.29) is 30.1 Å². The summed E-state index contributed by atoms with van der Waals surface area (Å²) in [6.45, 7) is 1.08. The minimum atomic E-state index is -0.975. The first kappa shape index (κ1) is 22.7. The predicted molar refractivity (Wildman–Crippen MR) is 125 cm³/mol. The van der Waals surface area contributed by atoms with Crippen LogP contribution in [0.15, 0.2) is 36.7 Å². The van der Waals surface area contributed by atoms with E-state index in [4.69, 9.17) is 0 Å². The van der Waals surface area contributed by atoms with Crippen LogP contribution in [-0.2, 0) is 16.8 Å². The smallest absolute Gasteiger partial charge is 0.237 e. The van der Waals surface area contributed by atoms with Crippen LogP contribution in [-0.4, -0.2) is 51.4 Å². The number of alkyl halides is 1. The highest BCUT2D eigenvalue weighted by Crippen LogP contribution is 2.43. The van der Waals surface area contributed by atoms with Crippen LogP contribution in [0.4, 0.5) is 14.6 Å². The van der Waals surface area contributed by atoms with Crippen LogP contribution in [0.3, 0.4) is 0 Å². The number of aromatic nitrogens is 4. The molecule has 3 N–H and O–H groups in total. The first-order chi connectivity index (χ1) is 16.5. The summed E-state index contributed by atoms with van der Waals surface area (Å²) in [6, 6.07) is 6.23. The largest absolute Gasteiger partial charge is 0.368 e. The molecule has 8 nitrogen and oxygen atoms in total. The van der Waals surface area contributed by atoms with Crippen molar-refractivity contribution >= 4 is 23.1 Å². The minimum Gasteiger partial charge on any atom is -0.368 e. The van der Waals surface area contributed by atoms with Gasteiger partial charge in [0.05, 0.1) is 18.3 Å². The van der Waals surface area contributed by atoms with Gasteiger partial charge in [0, 0.05) is 42.2 Å². The number of thiazole rings is 1. The van der Waals surface area contributed by atoms with Gasteiger partial charge in [0.1, 0.15) is 28.5 Å². The molecule has 0 spiro atoms. The Labute approximate surface area is 199 Å². The molecule has 1 saturated carbocycles. The Morgan fingerprint density at radius 3 is 2.79 bits per heavy atom. The predicted octanol–water partition coefficient (Wildman–Crippen LogP) is 2.98. The Hall–Kier alpha value is -3.05. The van der Waals surface area contributed by atoms with E-state index in [0.717, 1.165) is 24.1 Å². The number of amides is 1. The Morgan fingerprint density at radius 1 is 1.24 bits per heavy atom. The molecular weight excluding hydrogens is 460 g/mol. The lowest BCUT2D eigenvalue weighted by atomic mass is 9.66. The molecule has 178 valence electrons. The fraction of sp³-hybridized carbons (Fsp3) is 0.435. The Kier molecular flexibility index (Phi) is 6.46. The molecule has 2 fully saturated rings. The average molecular weight is 486 g/mol. The van der Waals surface area contributed by atoms with Gasteiger partial charge in [0.2, 0.25) is 5.91 Å². The first-order valence-electron chi connectivity index (χ1n) is 11.3. The molecule has 1 saturated heterocycles. The van der Waals surface area contributed by atoms with Crippen LogP contribution in [0.25, 0.3) is 10.7 Å². The molecule has 2 aliphatic rings. The average Bonchev–Trinajstić information content (AvgIpc) is 3.47. The summed E-state index contributed by atoms with van der Waals surface area (Å²) in [5, 5.41) is 18.2. The first-order valence-corrected chi connectivity index (χ1v) is 12.1. The number of carbonyl (C=O) groups is 1. The van der Waals surface area contributed by atoms with Crippen molar-refractivity contribution in [3.05, 3.63) is 53.0 Å². The van der Waals surface area contributed by atoms with E-state index in [1.807, 2.05) is 12.1 Å². The van der Waals surface area contributed by atoms with Gasteiger partial charge in [-0.05, 0) is 37.1 Å². The number of nitrogens with zero attached hydrogens (tertiary/aromatic N) is 4. The van der Waals surface area contributed by atoms with Crippen molar-refractivity contribution in [2.75, 3.05) is 18.4 Å². The third kappa shape index (κ3) is 4.76. The number of pyridine rings is 1. The van der Waals surface area contributed by atoms with Gasteiger partial charge in [0.25, 0.3) is 0 Å². The molecule has 34 heavy (non-hydrogen) atoms. The summed E-state index contributed by atoms with van der Waals surface area (Å²) in [6.07, 6.45) is 5.35. The highest BCUT2D eigenvalue weighted by Gasteiger charge is 2.41. The SMILES string of the molecule is O=C(NCc1cnc(-c2ccc(NCC3(c4ncccc4F)CCC3)nn2)s1)C1CC(F)CN1. The number of hydrogen-bond donors (Lipinski definition) is 3. The highest BCUT2D eigenvalue weighted by atomic mass is 32.1. The van der Waals surface area contributed by atoms with E-state index in [0.29, 0.717) is 35.3 Å². The molecule has 3 aromatic heterocycles. The normalized spacial score (nSPS) is 21.1. The van der Waals surface area contributed by atoms with Crippen LogP contribution in [0, 0.1) is 5.82 Å². The number of nitrogens with one attached hydrogen (secondary N) is 3. The molecule has 11 heteroatoms. The zero-order valence-electron chi connectivity index (χ0n) is 18.4. The van der Waals surface area contributed by atoms with Gasteiger partial charge in [-0.1, -0.05) is 6.42 Å². The topological polar surface area (TPSA) is 105 Å². The molecule has 1 amide bonds. The third-order valence-electron chi connectivity index (χ3n) is 6.45. The molecule has 1 aliphatic heterocycles. The number of halogens is 2. The van der Waals surface area contributed by atoms with Gasteiger partial charge < -0.3 is 16.0 Å². The molecule has 0 bridgehead atoms. The van der Waals surface area contributed by atoms with Crippen molar-refractivity contribution in [3.8, 4) is 10.7 Å². The maximum absolute atomic E-state index is 14.3. The Morgan fingerprint density at radius 2 is 2.12 bits per heavy atom. The van der Waals surface area contributed by atoms with Gasteiger partial charge >= 0.3 is 0 Å². The summed E-state index contributed by atoms with van der Waals surface area (Å²) in [5.41, 5.74) is 0.813. The number of rotatable bonds is 8. The number of carbonyl (C=O) groups excluding carboxylic acids is 1. The quantitative estimate of drug-likeness (QED) is 0.451. The molecule has 1 aliphatic carbocycles. The van der Waals surface area contributed by atoms with E-state index in [1.54, 1.807) is 18.5 Å². The lowest BCUT2D eigenvalue weighted by Crippen LogP contribution is -2.42. The fourth-order valence-electron chi connectivity index (χ4n) is 4.37. The molecular formula is C23H25F2N7OS. The Bertz CT molecular complexity index is 1150. The van der Waals surface area contributed by atoms with Crippen LogP contribution in [0.2, 0.25) is 0 Å². The van der Waals surface area contributed by atoms with Gasteiger partial charge in [-0.3, -0.25) is 9.78 Å². The van der Waals surface area contributed by atoms with Crippen molar-refractivity contribution in [2.24, 2.45) is 0 Å². The molecule has 2 atom stereocenters. The van der Waals surface area contributed by atoms with Gasteiger partial charge in [-0.15, -0.1) is 21.5 Å². The summed E-state index contributed by atoms with van der Waals surface area (Å²) >= 11 is 1.41. The van der Waals surface area contributed by atoms with Gasteiger partial charge in [0.15, 0.2) is 0 Å². The van der Waals surface area contributed by atoms with E-state index >= 15 is 0 Å². The van der Waals surface area contributed by atoms with Crippen molar-refractivity contribution in [1.29, 1.82) is 0 Å². The monoisotopic (exact) mass is 485 g/mol. The van der Waals surface area contributed by atoms with E-state index in [1.165, 1.54) is 17.4 Å². The molecule has 0 radical (unpaired) electrons. The van der Waals surface area contributed by atoms with Crippen molar-refractivity contribution in [1.82, 2.24) is 30.8 Å².